The lowest BCUT2D eigenvalue weighted by Crippen LogP contribution is -2.30. The maximum Gasteiger partial charge on any atom is 0.366 e. The zero-order valence-electron chi connectivity index (χ0n) is 13.1. The lowest BCUT2D eigenvalue weighted by molar-refractivity contribution is 0.0691. The summed E-state index contributed by atoms with van der Waals surface area (Å²) in [7, 11) is -4.69. The van der Waals surface area contributed by atoms with E-state index in [1.165, 1.54) is 24.1 Å². The predicted molar refractivity (Wildman–Crippen MR) is 93.1 cm³/mol. The van der Waals surface area contributed by atoms with Gasteiger partial charge in [0.15, 0.2) is 5.69 Å². The smallest absolute Gasteiger partial charge is 0.366 e. The molecule has 1 saturated heterocycles. The number of anilines is 3. The Hall–Kier alpha value is -2.24. The highest BCUT2D eigenvalue weighted by Crippen LogP contribution is 2.31. The summed E-state index contributed by atoms with van der Waals surface area (Å²) < 4.78 is 33.6. The summed E-state index contributed by atoms with van der Waals surface area (Å²) in [5.41, 5.74) is -0.221. The lowest BCUT2D eigenvalue weighted by Gasteiger charge is -2.28. The normalized spacial score (nSPS) is 15.2. The summed E-state index contributed by atoms with van der Waals surface area (Å²) in [6.07, 6.45) is 4.66. The minimum atomic E-state index is -4.69. The van der Waals surface area contributed by atoms with Gasteiger partial charge in [-0.05, 0) is 31.4 Å². The highest BCUT2D eigenvalue weighted by Gasteiger charge is 2.26. The number of carboxylic acids is 1. The van der Waals surface area contributed by atoms with Gasteiger partial charge in [-0.25, -0.2) is 14.8 Å². The highest BCUT2D eigenvalue weighted by molar-refractivity contribution is 7.87. The van der Waals surface area contributed by atoms with E-state index < -0.39 is 16.3 Å². The van der Waals surface area contributed by atoms with E-state index in [1.54, 1.807) is 6.07 Å². The molecule has 0 unspecified atom stereocenters. The maximum atomic E-state index is 11.8. The molecule has 9 nitrogen and oxygen atoms in total. The molecule has 0 aliphatic carbocycles. The standard InChI is InChI=1S/C14H16N4O5S2/c19-13(20)11-9-24-14(16-11)18(25(21,22)23)10-4-5-12(15-8-10)17-6-2-1-3-7-17/h4-5,8-9H,1-3,6-7H2,(H,19,20)(H,21,22,23). The molecule has 1 aliphatic rings. The Morgan fingerprint density at radius 3 is 2.48 bits per heavy atom. The quantitative estimate of drug-likeness (QED) is 0.752. The molecule has 2 aromatic heterocycles. The van der Waals surface area contributed by atoms with Crippen LogP contribution in [0.4, 0.5) is 16.6 Å². The average Bonchev–Trinajstić information content (AvgIpc) is 3.05. The van der Waals surface area contributed by atoms with Crippen LogP contribution in [0.25, 0.3) is 0 Å². The van der Waals surface area contributed by atoms with Gasteiger partial charge >= 0.3 is 16.3 Å². The first-order valence-electron chi connectivity index (χ1n) is 7.54. The second-order valence-corrected chi connectivity index (χ2v) is 7.58. The van der Waals surface area contributed by atoms with Crippen molar-refractivity contribution in [2.24, 2.45) is 0 Å². The third-order valence-electron chi connectivity index (χ3n) is 3.76. The van der Waals surface area contributed by atoms with Crippen molar-refractivity contribution < 1.29 is 22.9 Å². The monoisotopic (exact) mass is 384 g/mol. The molecule has 0 atom stereocenters. The number of carboxylic acid groups (broad SMARTS) is 1. The number of aromatic carboxylic acids is 1. The Labute approximate surface area is 148 Å². The summed E-state index contributed by atoms with van der Waals surface area (Å²) >= 11 is 0.797. The third-order valence-corrected chi connectivity index (χ3v) is 5.55. The second kappa shape index (κ2) is 6.94. The van der Waals surface area contributed by atoms with Crippen molar-refractivity contribution in [3.8, 4) is 0 Å². The number of aromatic nitrogens is 2. The Kier molecular flexibility index (Phi) is 4.88. The Morgan fingerprint density at radius 2 is 1.96 bits per heavy atom. The fraction of sp³-hybridized carbons (Fsp3) is 0.357. The summed E-state index contributed by atoms with van der Waals surface area (Å²) in [5, 5.41) is 9.96. The van der Waals surface area contributed by atoms with Gasteiger partial charge in [-0.15, -0.1) is 11.3 Å². The number of rotatable bonds is 5. The highest BCUT2D eigenvalue weighted by atomic mass is 32.2. The molecule has 2 N–H and O–H groups in total. The van der Waals surface area contributed by atoms with Crippen LogP contribution in [0.2, 0.25) is 0 Å². The summed E-state index contributed by atoms with van der Waals surface area (Å²) in [6.45, 7) is 1.78. The molecule has 0 amide bonds. The number of pyridine rings is 1. The van der Waals surface area contributed by atoms with Crippen LogP contribution in [-0.4, -0.2) is 47.1 Å². The minimum absolute atomic E-state index is 0.0783. The molecule has 11 heteroatoms. The number of thiazole rings is 1. The van der Waals surface area contributed by atoms with E-state index in [0.717, 1.165) is 43.1 Å². The molecule has 3 heterocycles. The van der Waals surface area contributed by atoms with Gasteiger partial charge in [0.25, 0.3) is 0 Å². The third kappa shape index (κ3) is 3.89. The van der Waals surface area contributed by atoms with Crippen LogP contribution in [0.15, 0.2) is 23.7 Å². The van der Waals surface area contributed by atoms with E-state index in [2.05, 4.69) is 14.9 Å². The SMILES string of the molecule is O=C(O)c1csc(N(c2ccc(N3CCCCC3)nc2)S(=O)(=O)O)n1. The van der Waals surface area contributed by atoms with Crippen molar-refractivity contribution in [2.75, 3.05) is 22.3 Å². The number of hydrogen-bond donors (Lipinski definition) is 2. The second-order valence-electron chi connectivity index (χ2n) is 5.48. The molecule has 1 fully saturated rings. The minimum Gasteiger partial charge on any atom is -0.476 e. The fourth-order valence-electron chi connectivity index (χ4n) is 2.61. The van der Waals surface area contributed by atoms with Gasteiger partial charge in [-0.1, -0.05) is 0 Å². The van der Waals surface area contributed by atoms with Crippen molar-refractivity contribution in [2.45, 2.75) is 19.3 Å². The summed E-state index contributed by atoms with van der Waals surface area (Å²) in [5.74, 6) is -0.555. The molecule has 134 valence electrons. The summed E-state index contributed by atoms with van der Waals surface area (Å²) in [4.78, 5) is 21.1. The van der Waals surface area contributed by atoms with Crippen molar-refractivity contribution in [3.05, 3.63) is 29.4 Å². The molecule has 25 heavy (non-hydrogen) atoms. The van der Waals surface area contributed by atoms with Crippen LogP contribution in [0.5, 0.6) is 0 Å². The van der Waals surface area contributed by atoms with E-state index in [1.807, 2.05) is 0 Å². The van der Waals surface area contributed by atoms with Crippen LogP contribution in [0, 0.1) is 0 Å². The Bertz CT molecular complexity index is 860. The van der Waals surface area contributed by atoms with Crippen LogP contribution in [0.3, 0.4) is 0 Å². The first-order valence-corrected chi connectivity index (χ1v) is 9.81. The topological polar surface area (TPSA) is 124 Å². The summed E-state index contributed by atoms with van der Waals surface area (Å²) in [6, 6.07) is 3.18. The van der Waals surface area contributed by atoms with Gasteiger partial charge < -0.3 is 10.0 Å². The molecular formula is C14H16N4O5S2. The zero-order chi connectivity index (χ0) is 18.0. The average molecular weight is 384 g/mol. The van der Waals surface area contributed by atoms with Gasteiger partial charge in [-0.2, -0.15) is 12.7 Å². The van der Waals surface area contributed by atoms with E-state index in [4.69, 9.17) is 5.11 Å². The number of hydrogen-bond acceptors (Lipinski definition) is 7. The zero-order valence-corrected chi connectivity index (χ0v) is 14.7. The van der Waals surface area contributed by atoms with E-state index in [0.29, 0.717) is 4.31 Å². The van der Waals surface area contributed by atoms with Crippen molar-refractivity contribution in [3.63, 3.8) is 0 Å². The number of carbonyl (C=O) groups is 1. The van der Waals surface area contributed by atoms with Gasteiger partial charge in [0, 0.05) is 18.5 Å². The molecule has 0 spiro atoms. The van der Waals surface area contributed by atoms with Gasteiger partial charge in [0.05, 0.1) is 11.9 Å². The molecule has 1 aliphatic heterocycles. The molecule has 3 rings (SSSR count). The van der Waals surface area contributed by atoms with Gasteiger partial charge in [0.2, 0.25) is 5.13 Å². The van der Waals surface area contributed by atoms with Crippen molar-refractivity contribution in [1.82, 2.24) is 9.97 Å². The van der Waals surface area contributed by atoms with Crippen LogP contribution >= 0.6 is 11.3 Å². The van der Waals surface area contributed by atoms with E-state index in [-0.39, 0.29) is 16.5 Å². The predicted octanol–water partition coefficient (Wildman–Crippen LogP) is 2.17. The molecule has 0 saturated carbocycles. The van der Waals surface area contributed by atoms with E-state index >= 15 is 0 Å². The van der Waals surface area contributed by atoms with Crippen LogP contribution in [0.1, 0.15) is 29.8 Å². The van der Waals surface area contributed by atoms with Crippen LogP contribution in [-0.2, 0) is 10.3 Å². The molecule has 0 radical (unpaired) electrons. The molecule has 0 bridgehead atoms. The first kappa shape index (κ1) is 17.6. The lowest BCUT2D eigenvalue weighted by atomic mass is 10.1. The Balaban J connectivity index is 1.92. The largest absolute Gasteiger partial charge is 0.476 e. The van der Waals surface area contributed by atoms with Gasteiger partial charge in [0.1, 0.15) is 5.82 Å². The Morgan fingerprint density at radius 1 is 1.24 bits per heavy atom. The number of nitrogens with zero attached hydrogens (tertiary/aromatic N) is 4. The molecule has 2 aromatic rings. The van der Waals surface area contributed by atoms with Crippen molar-refractivity contribution in [1.29, 1.82) is 0 Å². The van der Waals surface area contributed by atoms with E-state index in [9.17, 15) is 17.8 Å². The number of piperidine rings is 1. The van der Waals surface area contributed by atoms with Gasteiger partial charge in [-0.3, -0.25) is 4.55 Å². The molecular weight excluding hydrogens is 368 g/mol. The maximum absolute atomic E-state index is 11.8. The van der Waals surface area contributed by atoms with Crippen LogP contribution < -0.4 is 9.21 Å². The molecule has 0 aromatic carbocycles. The van der Waals surface area contributed by atoms with Crippen molar-refractivity contribution >= 4 is 44.2 Å². The first-order chi connectivity index (χ1) is 11.9. The fourth-order valence-corrected chi connectivity index (χ4v) is 4.35.